The average Bonchev–Trinajstić information content (AvgIpc) is 3.20. The van der Waals surface area contributed by atoms with E-state index in [0.717, 1.165) is 11.4 Å². The summed E-state index contributed by atoms with van der Waals surface area (Å²) in [6.07, 6.45) is 8.89. The fourth-order valence-electron chi connectivity index (χ4n) is 3.41. The van der Waals surface area contributed by atoms with Crippen molar-refractivity contribution in [3.05, 3.63) is 114 Å². The molecule has 0 radical (unpaired) electrons. The van der Waals surface area contributed by atoms with E-state index in [1.54, 1.807) is 19.5 Å². The van der Waals surface area contributed by atoms with Crippen LogP contribution >= 0.6 is 0 Å². The molecule has 54 heavy (non-hydrogen) atoms. The molecule has 5 nitrogen and oxygen atoms in total. The molecule has 0 N–H and O–H groups in total. The maximum atomic E-state index is 4.91. The summed E-state index contributed by atoms with van der Waals surface area (Å²) in [5.74, 6) is 0.558. The molecule has 0 saturated carbocycles. The molecule has 0 saturated heterocycles. The van der Waals surface area contributed by atoms with Gasteiger partial charge in [-0.1, -0.05) is 203 Å². The van der Waals surface area contributed by atoms with Gasteiger partial charge in [-0.3, -0.25) is 15.0 Å². The number of benzene rings is 1. The summed E-state index contributed by atoms with van der Waals surface area (Å²) < 4.78 is 4.91. The lowest BCUT2D eigenvalue weighted by molar-refractivity contribution is 0.393. The summed E-state index contributed by atoms with van der Waals surface area (Å²) in [6, 6.07) is 20.7. The van der Waals surface area contributed by atoms with Crippen molar-refractivity contribution >= 4 is 0 Å². The molecule has 3 heterocycles. The topological polar surface area (TPSA) is 60.8 Å². The lowest BCUT2D eigenvalue weighted by atomic mass is 9.87. The predicted octanol–water partition coefficient (Wildman–Crippen LogP) is 15.7. The lowest BCUT2D eigenvalue weighted by Gasteiger charge is -2.18. The van der Waals surface area contributed by atoms with Gasteiger partial charge in [0, 0.05) is 35.1 Å². The Hall–Kier alpha value is -3.60. The number of rotatable bonds is 1. The van der Waals surface area contributed by atoms with E-state index in [-0.39, 0.29) is 16.2 Å². The van der Waals surface area contributed by atoms with Crippen LogP contribution in [0.3, 0.4) is 0 Å². The highest BCUT2D eigenvalue weighted by Gasteiger charge is 2.16. The first-order valence-corrected chi connectivity index (χ1v) is 20.6. The minimum Gasteiger partial charge on any atom is -0.480 e. The van der Waals surface area contributed by atoms with E-state index in [2.05, 4.69) is 152 Å². The van der Waals surface area contributed by atoms with Gasteiger partial charge < -0.3 is 4.74 Å². The van der Waals surface area contributed by atoms with Crippen LogP contribution in [0.5, 0.6) is 5.88 Å². The molecule has 3 aromatic heterocycles. The van der Waals surface area contributed by atoms with Crippen molar-refractivity contribution in [2.24, 2.45) is 0 Å². The van der Waals surface area contributed by atoms with E-state index in [1.165, 1.54) is 11.1 Å². The van der Waals surface area contributed by atoms with Crippen LogP contribution in [0, 0.1) is 0 Å². The molecule has 312 valence electrons. The number of methoxy groups -OCH3 is 1. The molecule has 4 aromatic rings. The summed E-state index contributed by atoms with van der Waals surface area (Å²) in [5, 5.41) is 0. The number of hydrogen-bond donors (Lipinski definition) is 0. The van der Waals surface area contributed by atoms with Gasteiger partial charge in [-0.25, -0.2) is 4.98 Å². The zero-order valence-electron chi connectivity index (χ0n) is 40.4. The molecule has 0 atom stereocenters. The Morgan fingerprint density at radius 3 is 1.00 bits per heavy atom. The number of ether oxygens (including phenoxy) is 1. The van der Waals surface area contributed by atoms with Crippen LogP contribution in [0.15, 0.2) is 91.6 Å². The standard InChI is InChI=1S/C10H14.C9H14N2O.2C9H13N.6C2H6/c1-10(2,3)9-7-5-4-6-8-9;1-9(2,3)7-5-11-8(12-4)6-10-7;1-9(2,3)8-4-6-10-7-5-8;1-9(2,3)8-6-4-5-7-10-8;6*1-2/h4-8H,1-3H3;5-6H,1-4H3;2*4-7H,1-3H3;6*1-2H3. The van der Waals surface area contributed by atoms with Crippen molar-refractivity contribution in [1.29, 1.82) is 0 Å². The quantitative estimate of drug-likeness (QED) is 0.194. The Balaban J connectivity index is -0.000000130. The van der Waals surface area contributed by atoms with Crippen molar-refractivity contribution in [3.63, 3.8) is 0 Å². The third-order valence-corrected chi connectivity index (χ3v) is 6.23. The third kappa shape index (κ3) is 34.2. The maximum absolute atomic E-state index is 4.91. The van der Waals surface area contributed by atoms with Crippen molar-refractivity contribution in [3.8, 4) is 5.88 Å². The zero-order valence-corrected chi connectivity index (χ0v) is 40.4. The zero-order chi connectivity index (χ0) is 44.0. The van der Waals surface area contributed by atoms with Gasteiger partial charge in [-0.2, -0.15) is 0 Å². The van der Waals surface area contributed by atoms with Crippen LogP contribution in [0.25, 0.3) is 0 Å². The van der Waals surface area contributed by atoms with Crippen molar-refractivity contribution in [1.82, 2.24) is 19.9 Å². The number of pyridine rings is 2. The second-order valence-corrected chi connectivity index (χ2v) is 14.3. The Labute approximate surface area is 338 Å². The van der Waals surface area contributed by atoms with E-state index < -0.39 is 0 Å². The summed E-state index contributed by atoms with van der Waals surface area (Å²) in [7, 11) is 1.58. The Bertz CT molecular complexity index is 1130. The first-order chi connectivity index (χ1) is 25.4. The van der Waals surface area contributed by atoms with Crippen LogP contribution in [-0.4, -0.2) is 27.0 Å². The number of nitrogens with zero attached hydrogens (tertiary/aromatic N) is 4. The normalized spacial score (nSPS) is 9.57. The molecule has 0 aliphatic heterocycles. The largest absolute Gasteiger partial charge is 0.480 e. The van der Waals surface area contributed by atoms with Gasteiger partial charge in [0.2, 0.25) is 5.88 Å². The number of aromatic nitrogens is 4. The number of hydrogen-bond acceptors (Lipinski definition) is 5. The molecular formula is C49H90N4O. The average molecular weight is 751 g/mol. The Kier molecular flexibility index (Phi) is 43.6. The second-order valence-electron chi connectivity index (χ2n) is 14.3. The van der Waals surface area contributed by atoms with E-state index in [0.29, 0.717) is 11.3 Å². The fraction of sp³-hybridized carbons (Fsp3) is 0.592. The van der Waals surface area contributed by atoms with Crippen molar-refractivity contribution in [2.75, 3.05) is 7.11 Å². The predicted molar refractivity (Wildman–Crippen MR) is 246 cm³/mol. The minimum absolute atomic E-state index is 0.0548. The Morgan fingerprint density at radius 1 is 0.370 bits per heavy atom. The van der Waals surface area contributed by atoms with Crippen molar-refractivity contribution in [2.45, 2.75) is 188 Å². The van der Waals surface area contributed by atoms with Gasteiger partial charge in [0.25, 0.3) is 0 Å². The molecule has 5 heteroatoms. The molecule has 0 aliphatic carbocycles. The molecule has 0 unspecified atom stereocenters. The molecular weight excluding hydrogens is 661 g/mol. The van der Waals surface area contributed by atoms with Crippen LogP contribution in [0.2, 0.25) is 0 Å². The van der Waals surface area contributed by atoms with Gasteiger partial charge in [0.1, 0.15) is 0 Å². The molecule has 4 rings (SSSR count). The first-order valence-electron chi connectivity index (χ1n) is 20.6. The highest BCUT2D eigenvalue weighted by atomic mass is 16.5. The summed E-state index contributed by atoms with van der Waals surface area (Å²) in [4.78, 5) is 16.5. The minimum atomic E-state index is 0.0548. The van der Waals surface area contributed by atoms with E-state index in [9.17, 15) is 0 Å². The molecule has 0 aliphatic rings. The second kappa shape index (κ2) is 37.7. The van der Waals surface area contributed by atoms with E-state index in [4.69, 9.17) is 4.74 Å². The summed E-state index contributed by atoms with van der Waals surface area (Å²) >= 11 is 0. The highest BCUT2D eigenvalue weighted by molar-refractivity contribution is 5.22. The van der Waals surface area contributed by atoms with Gasteiger partial charge in [-0.05, 0) is 46.2 Å². The fourth-order valence-corrected chi connectivity index (χ4v) is 3.41. The van der Waals surface area contributed by atoms with E-state index in [1.807, 2.05) is 114 Å². The van der Waals surface area contributed by atoms with Crippen LogP contribution < -0.4 is 4.74 Å². The van der Waals surface area contributed by atoms with Crippen LogP contribution in [-0.2, 0) is 21.7 Å². The molecule has 1 aromatic carbocycles. The van der Waals surface area contributed by atoms with Crippen molar-refractivity contribution < 1.29 is 4.74 Å². The van der Waals surface area contributed by atoms with E-state index >= 15 is 0 Å². The van der Waals surface area contributed by atoms with Gasteiger partial charge >= 0.3 is 0 Å². The summed E-state index contributed by atoms with van der Waals surface area (Å²) in [5.41, 5.74) is 5.64. The molecule has 0 spiro atoms. The van der Waals surface area contributed by atoms with Gasteiger partial charge in [-0.15, -0.1) is 0 Å². The monoisotopic (exact) mass is 751 g/mol. The molecule has 0 amide bonds. The maximum Gasteiger partial charge on any atom is 0.231 e. The third-order valence-electron chi connectivity index (χ3n) is 6.23. The lowest BCUT2D eigenvalue weighted by Crippen LogP contribution is -2.13. The van der Waals surface area contributed by atoms with Crippen LogP contribution in [0.1, 0.15) is 189 Å². The highest BCUT2D eigenvalue weighted by Crippen LogP contribution is 2.22. The summed E-state index contributed by atoms with van der Waals surface area (Å²) in [6.45, 7) is 50.1. The molecule has 0 bridgehead atoms. The van der Waals surface area contributed by atoms with Gasteiger partial charge in [0.05, 0.1) is 25.2 Å². The smallest absolute Gasteiger partial charge is 0.231 e. The first kappa shape index (κ1) is 62.4. The Morgan fingerprint density at radius 2 is 0.759 bits per heavy atom. The SMILES string of the molecule is CC.CC.CC.CC.CC.CC.CC(C)(C)c1ccccc1.CC(C)(C)c1ccccn1.CC(C)(C)c1ccncc1.COc1cnc(C(C)(C)C)cn1. The molecule has 0 fully saturated rings. The van der Waals surface area contributed by atoms with Crippen LogP contribution in [0.4, 0.5) is 0 Å². The van der Waals surface area contributed by atoms with Gasteiger partial charge in [0.15, 0.2) is 0 Å².